The Labute approximate surface area is 234 Å². The van der Waals surface area contributed by atoms with Crippen LogP contribution in [0.4, 0.5) is 0 Å². The molecule has 3 rings (SSSR count). The predicted molar refractivity (Wildman–Crippen MR) is 154 cm³/mol. The summed E-state index contributed by atoms with van der Waals surface area (Å²) in [5.74, 6) is 1.23. The molecule has 1 atom stereocenters. The van der Waals surface area contributed by atoms with Gasteiger partial charge in [-0.05, 0) is 74.7 Å². The van der Waals surface area contributed by atoms with E-state index in [1.165, 1.54) is 0 Å². The van der Waals surface area contributed by atoms with Crippen LogP contribution < -0.4 is 14.8 Å². The van der Waals surface area contributed by atoms with Gasteiger partial charge in [0.15, 0.2) is 0 Å². The highest BCUT2D eigenvalue weighted by Gasteiger charge is 2.32. The Morgan fingerprint density at radius 1 is 0.895 bits per heavy atom. The average Bonchev–Trinajstić information content (AvgIpc) is 2.89. The van der Waals surface area contributed by atoms with Gasteiger partial charge in [-0.2, -0.15) is 0 Å². The highest BCUT2D eigenvalue weighted by Crippen LogP contribution is 2.20. The Morgan fingerprint density at radius 2 is 1.53 bits per heavy atom. The molecule has 2 amide bonds. The number of benzene rings is 3. The summed E-state index contributed by atoms with van der Waals surface area (Å²) in [5, 5.41) is 3.09. The van der Waals surface area contributed by atoms with Crippen LogP contribution in [0.5, 0.6) is 11.5 Å². The maximum absolute atomic E-state index is 13.7. The maximum atomic E-state index is 13.7. The van der Waals surface area contributed by atoms with Crippen LogP contribution in [0.15, 0.2) is 83.3 Å². The standard InChI is InChI=1S/C31H37BrN2O4/c1-31(2,3)33-30(36)28(21-23-9-6-5-7-10-23)34(22-24-12-14-25(32)15-13-24)29(35)11-8-20-38-27-18-16-26(37-4)17-19-27/h5-7,9-10,12-19,28H,8,11,20-22H2,1-4H3,(H,33,36). The van der Waals surface area contributed by atoms with Crippen molar-refractivity contribution in [3.8, 4) is 11.5 Å². The van der Waals surface area contributed by atoms with Crippen LogP contribution >= 0.6 is 15.9 Å². The zero-order chi connectivity index (χ0) is 27.5. The number of nitrogens with zero attached hydrogens (tertiary/aromatic N) is 1. The van der Waals surface area contributed by atoms with Crippen LogP contribution in [0.3, 0.4) is 0 Å². The van der Waals surface area contributed by atoms with Gasteiger partial charge in [-0.3, -0.25) is 9.59 Å². The minimum absolute atomic E-state index is 0.0868. The first kappa shape index (κ1) is 29.2. The van der Waals surface area contributed by atoms with Crippen molar-refractivity contribution in [2.45, 2.75) is 58.2 Å². The molecule has 202 valence electrons. The molecule has 0 spiro atoms. The maximum Gasteiger partial charge on any atom is 0.243 e. The summed E-state index contributed by atoms with van der Waals surface area (Å²) in [6, 6.07) is 24.4. The molecule has 1 N–H and O–H groups in total. The van der Waals surface area contributed by atoms with E-state index in [2.05, 4.69) is 21.2 Å². The summed E-state index contributed by atoms with van der Waals surface area (Å²) < 4.78 is 12.0. The minimum atomic E-state index is -0.657. The summed E-state index contributed by atoms with van der Waals surface area (Å²) in [5.41, 5.74) is 1.53. The lowest BCUT2D eigenvalue weighted by molar-refractivity contribution is -0.142. The lowest BCUT2D eigenvalue weighted by Gasteiger charge is -2.34. The number of methoxy groups -OCH3 is 1. The molecule has 6 nitrogen and oxygen atoms in total. The normalized spacial score (nSPS) is 11.9. The van der Waals surface area contributed by atoms with Crippen LogP contribution in [0.2, 0.25) is 0 Å². The number of ether oxygens (including phenoxy) is 2. The molecule has 0 saturated heterocycles. The summed E-state index contributed by atoms with van der Waals surface area (Å²) in [7, 11) is 1.62. The Balaban J connectivity index is 1.78. The van der Waals surface area contributed by atoms with Crippen molar-refractivity contribution in [3.05, 3.63) is 94.5 Å². The van der Waals surface area contributed by atoms with Crippen molar-refractivity contribution in [1.29, 1.82) is 0 Å². The summed E-state index contributed by atoms with van der Waals surface area (Å²) in [6.07, 6.45) is 1.22. The molecule has 7 heteroatoms. The van der Waals surface area contributed by atoms with Crippen molar-refractivity contribution in [2.75, 3.05) is 13.7 Å². The predicted octanol–water partition coefficient (Wildman–Crippen LogP) is 6.17. The van der Waals surface area contributed by atoms with E-state index in [-0.39, 0.29) is 18.2 Å². The third-order valence-corrected chi connectivity index (χ3v) is 6.43. The molecule has 3 aromatic rings. The fourth-order valence-corrected chi connectivity index (χ4v) is 4.29. The van der Waals surface area contributed by atoms with Crippen molar-refractivity contribution >= 4 is 27.7 Å². The van der Waals surface area contributed by atoms with Crippen molar-refractivity contribution in [1.82, 2.24) is 10.2 Å². The number of hydrogen-bond donors (Lipinski definition) is 1. The summed E-state index contributed by atoms with van der Waals surface area (Å²) in [6.45, 7) is 6.56. The Morgan fingerprint density at radius 3 is 2.13 bits per heavy atom. The number of nitrogens with one attached hydrogen (secondary N) is 1. The third kappa shape index (κ3) is 9.53. The number of rotatable bonds is 12. The van der Waals surface area contributed by atoms with E-state index in [0.717, 1.165) is 27.1 Å². The molecule has 0 heterocycles. The molecule has 0 aliphatic carbocycles. The molecule has 0 saturated carbocycles. The lowest BCUT2D eigenvalue weighted by atomic mass is 10.00. The first-order chi connectivity index (χ1) is 18.1. The zero-order valence-corrected chi connectivity index (χ0v) is 24.2. The van der Waals surface area contributed by atoms with Gasteiger partial charge in [-0.25, -0.2) is 0 Å². The van der Waals surface area contributed by atoms with Crippen LogP contribution in [-0.2, 0) is 22.6 Å². The van der Waals surface area contributed by atoms with Gasteiger partial charge in [0.25, 0.3) is 0 Å². The molecular weight excluding hydrogens is 544 g/mol. The van der Waals surface area contributed by atoms with E-state index >= 15 is 0 Å². The first-order valence-corrected chi connectivity index (χ1v) is 13.6. The highest BCUT2D eigenvalue weighted by molar-refractivity contribution is 9.10. The Kier molecular flexibility index (Phi) is 10.8. The van der Waals surface area contributed by atoms with E-state index < -0.39 is 11.6 Å². The van der Waals surface area contributed by atoms with Crippen LogP contribution in [0, 0.1) is 0 Å². The van der Waals surface area contributed by atoms with E-state index in [1.54, 1.807) is 12.0 Å². The molecule has 38 heavy (non-hydrogen) atoms. The minimum Gasteiger partial charge on any atom is -0.497 e. The van der Waals surface area contributed by atoms with Gasteiger partial charge in [-0.15, -0.1) is 0 Å². The van der Waals surface area contributed by atoms with Crippen LogP contribution in [0.25, 0.3) is 0 Å². The smallest absolute Gasteiger partial charge is 0.243 e. The highest BCUT2D eigenvalue weighted by atomic mass is 79.9. The fourth-order valence-electron chi connectivity index (χ4n) is 4.02. The fraction of sp³-hybridized carbons (Fsp3) is 0.355. The number of hydrogen-bond acceptors (Lipinski definition) is 4. The van der Waals surface area contributed by atoms with Gasteiger partial charge in [0.2, 0.25) is 11.8 Å². The average molecular weight is 582 g/mol. The molecule has 0 radical (unpaired) electrons. The number of amides is 2. The molecule has 0 fully saturated rings. The summed E-state index contributed by atoms with van der Waals surface area (Å²) >= 11 is 3.47. The number of carbonyl (C=O) groups is 2. The number of carbonyl (C=O) groups excluding carboxylic acids is 2. The molecule has 3 aromatic carbocycles. The SMILES string of the molecule is COc1ccc(OCCCC(=O)N(Cc2ccc(Br)cc2)C(Cc2ccccc2)C(=O)NC(C)(C)C)cc1. The summed E-state index contributed by atoms with van der Waals surface area (Å²) in [4.78, 5) is 29.0. The van der Waals surface area contributed by atoms with Crippen molar-refractivity contribution < 1.29 is 19.1 Å². The van der Waals surface area contributed by atoms with E-state index in [9.17, 15) is 9.59 Å². The third-order valence-electron chi connectivity index (χ3n) is 5.90. The zero-order valence-electron chi connectivity index (χ0n) is 22.6. The quantitative estimate of drug-likeness (QED) is 0.260. The van der Waals surface area contributed by atoms with Crippen molar-refractivity contribution in [2.24, 2.45) is 0 Å². The van der Waals surface area contributed by atoms with Gasteiger partial charge in [0.1, 0.15) is 17.5 Å². The second kappa shape index (κ2) is 14.0. The van der Waals surface area contributed by atoms with E-state index in [4.69, 9.17) is 9.47 Å². The molecule has 1 unspecified atom stereocenters. The molecule has 0 aliphatic heterocycles. The monoisotopic (exact) mass is 580 g/mol. The molecule has 0 bridgehead atoms. The topological polar surface area (TPSA) is 67.9 Å². The largest absolute Gasteiger partial charge is 0.497 e. The molecular formula is C31H37BrN2O4. The van der Waals surface area contributed by atoms with Gasteiger partial charge >= 0.3 is 0 Å². The second-order valence-corrected chi connectivity index (χ2v) is 11.1. The number of halogens is 1. The first-order valence-electron chi connectivity index (χ1n) is 12.8. The van der Waals surface area contributed by atoms with Gasteiger partial charge < -0.3 is 19.7 Å². The van der Waals surface area contributed by atoms with E-state index in [0.29, 0.717) is 26.0 Å². The lowest BCUT2D eigenvalue weighted by Crippen LogP contribution is -2.54. The second-order valence-electron chi connectivity index (χ2n) is 10.2. The molecule has 0 aliphatic rings. The van der Waals surface area contributed by atoms with Gasteiger partial charge in [-0.1, -0.05) is 58.4 Å². The van der Waals surface area contributed by atoms with E-state index in [1.807, 2.05) is 99.6 Å². The molecule has 0 aromatic heterocycles. The van der Waals surface area contributed by atoms with Crippen molar-refractivity contribution in [3.63, 3.8) is 0 Å². The van der Waals surface area contributed by atoms with Crippen LogP contribution in [0.1, 0.15) is 44.7 Å². The van der Waals surface area contributed by atoms with Crippen LogP contribution in [-0.4, -0.2) is 42.0 Å². The van der Waals surface area contributed by atoms with Gasteiger partial charge in [0.05, 0.1) is 13.7 Å². The Hall–Kier alpha value is -3.32. The Bertz CT molecular complexity index is 1160. The van der Waals surface area contributed by atoms with Gasteiger partial charge in [0, 0.05) is 29.4 Å².